The summed E-state index contributed by atoms with van der Waals surface area (Å²) in [5.41, 5.74) is 1.88. The van der Waals surface area contributed by atoms with E-state index >= 15 is 0 Å². The molecule has 0 unspecified atom stereocenters. The standard InChI is InChI=1S/C16H13ClO2/c1-12(18)19-16-11-15(17)10-9-14(16)8-7-13-5-3-2-4-6-13/h2-11H,1H3. The molecule has 0 fully saturated rings. The van der Waals surface area contributed by atoms with Gasteiger partial charge in [-0.1, -0.05) is 54.1 Å². The van der Waals surface area contributed by atoms with Crippen molar-refractivity contribution >= 4 is 29.7 Å². The Hall–Kier alpha value is -2.06. The van der Waals surface area contributed by atoms with Crippen LogP contribution in [0.5, 0.6) is 5.75 Å². The van der Waals surface area contributed by atoms with E-state index in [-0.39, 0.29) is 5.97 Å². The zero-order valence-electron chi connectivity index (χ0n) is 10.5. The van der Waals surface area contributed by atoms with E-state index in [2.05, 4.69) is 0 Å². The first-order valence-electron chi connectivity index (χ1n) is 5.86. The molecule has 19 heavy (non-hydrogen) atoms. The van der Waals surface area contributed by atoms with Gasteiger partial charge < -0.3 is 4.74 Å². The van der Waals surface area contributed by atoms with E-state index in [0.29, 0.717) is 10.8 Å². The summed E-state index contributed by atoms with van der Waals surface area (Å²) >= 11 is 5.90. The van der Waals surface area contributed by atoms with Gasteiger partial charge in [-0.05, 0) is 17.7 Å². The van der Waals surface area contributed by atoms with E-state index in [1.54, 1.807) is 12.1 Å². The fourth-order valence-corrected chi connectivity index (χ4v) is 1.80. The SMILES string of the molecule is CC(=O)Oc1cc(Cl)ccc1C=Cc1ccccc1. The third kappa shape index (κ3) is 3.97. The number of benzene rings is 2. The average molecular weight is 273 g/mol. The van der Waals surface area contributed by atoms with E-state index in [0.717, 1.165) is 11.1 Å². The maximum atomic E-state index is 11.1. The Balaban J connectivity index is 2.29. The molecule has 0 saturated heterocycles. The Labute approximate surface area is 117 Å². The molecule has 0 heterocycles. The van der Waals surface area contributed by atoms with Crippen LogP contribution in [0.2, 0.25) is 5.02 Å². The third-order valence-corrected chi connectivity index (χ3v) is 2.72. The lowest BCUT2D eigenvalue weighted by Crippen LogP contribution is -2.02. The van der Waals surface area contributed by atoms with Crippen LogP contribution < -0.4 is 4.74 Å². The Morgan fingerprint density at radius 2 is 1.84 bits per heavy atom. The minimum Gasteiger partial charge on any atom is -0.426 e. The summed E-state index contributed by atoms with van der Waals surface area (Å²) in [5.74, 6) is 0.101. The van der Waals surface area contributed by atoms with Crippen LogP contribution in [-0.4, -0.2) is 5.97 Å². The number of carbonyl (C=O) groups excluding carboxylic acids is 1. The summed E-state index contributed by atoms with van der Waals surface area (Å²) in [4.78, 5) is 11.1. The number of halogens is 1. The predicted molar refractivity (Wildman–Crippen MR) is 78.1 cm³/mol. The summed E-state index contributed by atoms with van der Waals surface area (Å²) in [7, 11) is 0. The molecule has 0 radical (unpaired) electrons. The second kappa shape index (κ2) is 6.21. The van der Waals surface area contributed by atoms with E-state index in [1.807, 2.05) is 48.6 Å². The molecule has 96 valence electrons. The molecule has 0 aliphatic carbocycles. The number of ether oxygens (including phenoxy) is 1. The first-order valence-corrected chi connectivity index (χ1v) is 6.24. The maximum absolute atomic E-state index is 11.1. The van der Waals surface area contributed by atoms with Gasteiger partial charge in [-0.2, -0.15) is 0 Å². The summed E-state index contributed by atoms with van der Waals surface area (Å²) in [5, 5.41) is 0.535. The van der Waals surface area contributed by atoms with Gasteiger partial charge in [-0.25, -0.2) is 0 Å². The Morgan fingerprint density at radius 3 is 2.53 bits per heavy atom. The lowest BCUT2D eigenvalue weighted by molar-refractivity contribution is -0.131. The molecule has 0 aliphatic rings. The Bertz CT molecular complexity index is 603. The minimum absolute atomic E-state index is 0.364. The Kier molecular flexibility index (Phi) is 4.37. The van der Waals surface area contributed by atoms with E-state index in [4.69, 9.17) is 16.3 Å². The second-order valence-corrected chi connectivity index (χ2v) is 4.46. The highest BCUT2D eigenvalue weighted by atomic mass is 35.5. The van der Waals surface area contributed by atoms with Gasteiger partial charge in [0.05, 0.1) is 0 Å². The first-order chi connectivity index (χ1) is 9.15. The van der Waals surface area contributed by atoms with Crippen molar-refractivity contribution < 1.29 is 9.53 Å². The monoisotopic (exact) mass is 272 g/mol. The average Bonchev–Trinajstić information content (AvgIpc) is 2.38. The minimum atomic E-state index is -0.364. The molecule has 0 bridgehead atoms. The maximum Gasteiger partial charge on any atom is 0.308 e. The molecule has 2 aromatic rings. The van der Waals surface area contributed by atoms with Crippen LogP contribution in [0.15, 0.2) is 48.5 Å². The summed E-state index contributed by atoms with van der Waals surface area (Å²) in [6, 6.07) is 15.1. The fourth-order valence-electron chi connectivity index (χ4n) is 1.64. The van der Waals surface area contributed by atoms with Gasteiger partial charge in [-0.3, -0.25) is 4.79 Å². The van der Waals surface area contributed by atoms with Crippen molar-refractivity contribution in [2.45, 2.75) is 6.92 Å². The molecular formula is C16H13ClO2. The van der Waals surface area contributed by atoms with Gasteiger partial charge in [0, 0.05) is 23.6 Å². The molecule has 0 atom stereocenters. The fraction of sp³-hybridized carbons (Fsp3) is 0.0625. The molecule has 0 aromatic heterocycles. The van der Waals surface area contributed by atoms with Gasteiger partial charge in [-0.15, -0.1) is 0 Å². The number of hydrogen-bond acceptors (Lipinski definition) is 2. The van der Waals surface area contributed by atoms with Gasteiger partial charge in [0.25, 0.3) is 0 Å². The van der Waals surface area contributed by atoms with Crippen molar-refractivity contribution in [1.29, 1.82) is 0 Å². The molecule has 0 amide bonds. The van der Waals surface area contributed by atoms with Crippen LogP contribution in [0.25, 0.3) is 12.2 Å². The highest BCUT2D eigenvalue weighted by molar-refractivity contribution is 6.30. The summed E-state index contributed by atoms with van der Waals surface area (Å²) in [6.07, 6.45) is 3.85. The van der Waals surface area contributed by atoms with E-state index < -0.39 is 0 Å². The van der Waals surface area contributed by atoms with E-state index in [9.17, 15) is 4.79 Å². The van der Waals surface area contributed by atoms with Crippen molar-refractivity contribution in [3.8, 4) is 5.75 Å². The van der Waals surface area contributed by atoms with Crippen molar-refractivity contribution in [3.05, 3.63) is 64.7 Å². The highest BCUT2D eigenvalue weighted by Gasteiger charge is 2.04. The summed E-state index contributed by atoms with van der Waals surface area (Å²) < 4.78 is 5.14. The van der Waals surface area contributed by atoms with Crippen LogP contribution >= 0.6 is 11.6 Å². The summed E-state index contributed by atoms with van der Waals surface area (Å²) in [6.45, 7) is 1.37. The zero-order valence-corrected chi connectivity index (χ0v) is 11.2. The molecule has 0 saturated carbocycles. The van der Waals surface area contributed by atoms with Gasteiger partial charge in [0.2, 0.25) is 0 Å². The van der Waals surface area contributed by atoms with Crippen LogP contribution in [0.3, 0.4) is 0 Å². The number of hydrogen-bond donors (Lipinski definition) is 0. The lowest BCUT2D eigenvalue weighted by Gasteiger charge is -2.06. The number of esters is 1. The molecule has 0 spiro atoms. The third-order valence-electron chi connectivity index (χ3n) is 2.48. The molecular weight excluding hydrogens is 260 g/mol. The smallest absolute Gasteiger partial charge is 0.308 e. The zero-order chi connectivity index (χ0) is 13.7. The molecule has 3 heteroatoms. The van der Waals surface area contributed by atoms with Crippen molar-refractivity contribution in [2.75, 3.05) is 0 Å². The Morgan fingerprint density at radius 1 is 1.11 bits per heavy atom. The molecule has 0 aliphatic heterocycles. The first kappa shape index (κ1) is 13.4. The van der Waals surface area contributed by atoms with Crippen molar-refractivity contribution in [3.63, 3.8) is 0 Å². The van der Waals surface area contributed by atoms with E-state index in [1.165, 1.54) is 6.92 Å². The lowest BCUT2D eigenvalue weighted by atomic mass is 10.1. The highest BCUT2D eigenvalue weighted by Crippen LogP contribution is 2.25. The van der Waals surface area contributed by atoms with Crippen LogP contribution in [0.1, 0.15) is 18.1 Å². The topological polar surface area (TPSA) is 26.3 Å². The molecule has 2 aromatic carbocycles. The number of carbonyl (C=O) groups is 1. The van der Waals surface area contributed by atoms with Crippen LogP contribution in [0.4, 0.5) is 0 Å². The largest absolute Gasteiger partial charge is 0.426 e. The molecule has 2 nitrogen and oxygen atoms in total. The quantitative estimate of drug-likeness (QED) is 0.469. The number of rotatable bonds is 3. The van der Waals surface area contributed by atoms with Gasteiger partial charge in [0.15, 0.2) is 0 Å². The van der Waals surface area contributed by atoms with Gasteiger partial charge in [0.1, 0.15) is 5.75 Å². The second-order valence-electron chi connectivity index (χ2n) is 4.02. The van der Waals surface area contributed by atoms with Gasteiger partial charge >= 0.3 is 5.97 Å². The predicted octanol–water partition coefficient (Wildman–Crippen LogP) is 4.44. The van der Waals surface area contributed by atoms with Crippen LogP contribution in [0, 0.1) is 0 Å². The van der Waals surface area contributed by atoms with Crippen LogP contribution in [-0.2, 0) is 4.79 Å². The van der Waals surface area contributed by atoms with Crippen molar-refractivity contribution in [1.82, 2.24) is 0 Å². The normalized spacial score (nSPS) is 10.6. The van der Waals surface area contributed by atoms with Crippen molar-refractivity contribution in [2.24, 2.45) is 0 Å². The molecule has 2 rings (SSSR count). The molecule has 0 N–H and O–H groups in total.